The van der Waals surface area contributed by atoms with Gasteiger partial charge >= 0.3 is 0 Å². The van der Waals surface area contributed by atoms with Gasteiger partial charge in [-0.1, -0.05) is 17.8 Å². The first kappa shape index (κ1) is 26.4. The van der Waals surface area contributed by atoms with Crippen LogP contribution in [0.3, 0.4) is 0 Å². The SMILES string of the molecule is C=CCn1c(CC(=O)Nc2ccc(OCC)cc2)nnc1SCC(=O)Nc1ccc([N+](=O)[O-])cc1C. The van der Waals surface area contributed by atoms with Crippen LogP contribution in [0.1, 0.15) is 18.3 Å². The lowest BCUT2D eigenvalue weighted by Crippen LogP contribution is -2.18. The van der Waals surface area contributed by atoms with Crippen molar-refractivity contribution in [1.82, 2.24) is 14.8 Å². The van der Waals surface area contributed by atoms with Crippen LogP contribution in [0.5, 0.6) is 5.75 Å². The summed E-state index contributed by atoms with van der Waals surface area (Å²) in [5, 5.41) is 25.2. The van der Waals surface area contributed by atoms with Gasteiger partial charge in [0.15, 0.2) is 5.16 Å². The molecule has 0 bridgehead atoms. The van der Waals surface area contributed by atoms with Crippen molar-refractivity contribution < 1.29 is 19.2 Å². The third kappa shape index (κ3) is 7.15. The molecular weight excluding hydrogens is 484 g/mol. The summed E-state index contributed by atoms with van der Waals surface area (Å²) >= 11 is 1.16. The minimum absolute atomic E-state index is 0.0111. The van der Waals surface area contributed by atoms with Crippen molar-refractivity contribution in [3.05, 3.63) is 76.6 Å². The van der Waals surface area contributed by atoms with Gasteiger partial charge in [0, 0.05) is 30.1 Å². The standard InChI is InChI=1S/C24H26N6O5S/c1-4-12-29-21(14-22(31)25-17-6-9-19(10-7-17)35-5-2)27-28-24(29)36-15-23(32)26-20-11-8-18(30(33)34)13-16(20)3/h4,6-11,13H,1,5,12,14-15H2,2-3H3,(H,25,31)(H,26,32). The first-order chi connectivity index (χ1) is 17.3. The largest absolute Gasteiger partial charge is 0.494 e. The second-order valence-electron chi connectivity index (χ2n) is 7.57. The molecule has 0 saturated carbocycles. The second-order valence-corrected chi connectivity index (χ2v) is 8.52. The van der Waals surface area contributed by atoms with E-state index in [2.05, 4.69) is 27.4 Å². The summed E-state index contributed by atoms with van der Waals surface area (Å²) in [6.45, 7) is 8.25. The summed E-state index contributed by atoms with van der Waals surface area (Å²) < 4.78 is 7.12. The number of amides is 2. The molecule has 1 heterocycles. The minimum Gasteiger partial charge on any atom is -0.494 e. The fourth-order valence-corrected chi connectivity index (χ4v) is 4.00. The molecule has 0 aliphatic rings. The average molecular weight is 511 g/mol. The zero-order chi connectivity index (χ0) is 26.1. The number of aromatic nitrogens is 3. The van der Waals surface area contributed by atoms with Crippen LogP contribution in [-0.2, 0) is 22.6 Å². The van der Waals surface area contributed by atoms with Gasteiger partial charge in [0.25, 0.3) is 5.69 Å². The van der Waals surface area contributed by atoms with Crippen molar-refractivity contribution in [3.63, 3.8) is 0 Å². The van der Waals surface area contributed by atoms with Crippen molar-refractivity contribution in [1.29, 1.82) is 0 Å². The van der Waals surface area contributed by atoms with Crippen LogP contribution in [0.15, 0.2) is 60.3 Å². The first-order valence-electron chi connectivity index (χ1n) is 11.0. The van der Waals surface area contributed by atoms with Gasteiger partial charge in [0.05, 0.1) is 23.7 Å². The highest BCUT2D eigenvalue weighted by Crippen LogP contribution is 2.23. The number of rotatable bonds is 12. The van der Waals surface area contributed by atoms with Crippen molar-refractivity contribution >= 4 is 40.6 Å². The zero-order valence-electron chi connectivity index (χ0n) is 19.9. The number of anilines is 2. The van der Waals surface area contributed by atoms with Crippen LogP contribution in [0.2, 0.25) is 0 Å². The maximum absolute atomic E-state index is 12.6. The Morgan fingerprint density at radius 3 is 2.56 bits per heavy atom. The van der Waals surface area contributed by atoms with Crippen molar-refractivity contribution in [2.75, 3.05) is 23.0 Å². The summed E-state index contributed by atoms with van der Waals surface area (Å²) in [6.07, 6.45) is 1.64. The van der Waals surface area contributed by atoms with E-state index in [4.69, 9.17) is 4.74 Å². The molecule has 2 amide bonds. The summed E-state index contributed by atoms with van der Waals surface area (Å²) in [7, 11) is 0. The first-order valence-corrected chi connectivity index (χ1v) is 12.0. The average Bonchev–Trinajstić information content (AvgIpc) is 3.21. The summed E-state index contributed by atoms with van der Waals surface area (Å²) in [5.74, 6) is 0.618. The van der Waals surface area contributed by atoms with Crippen LogP contribution < -0.4 is 15.4 Å². The molecule has 3 aromatic rings. The van der Waals surface area contributed by atoms with Crippen LogP contribution >= 0.6 is 11.8 Å². The Labute approximate surface area is 212 Å². The van der Waals surface area contributed by atoms with Gasteiger partial charge in [0.1, 0.15) is 11.6 Å². The molecule has 2 aromatic carbocycles. The molecule has 0 saturated heterocycles. The fraction of sp³-hybridized carbons (Fsp3) is 0.250. The Balaban J connectivity index is 1.60. The van der Waals surface area contributed by atoms with Gasteiger partial charge in [-0.3, -0.25) is 19.7 Å². The number of non-ortho nitro benzene ring substituents is 1. The monoisotopic (exact) mass is 510 g/mol. The number of benzene rings is 2. The third-order valence-electron chi connectivity index (χ3n) is 4.90. The Morgan fingerprint density at radius 2 is 1.92 bits per heavy atom. The third-order valence-corrected chi connectivity index (χ3v) is 5.87. The number of aryl methyl sites for hydroxylation is 1. The molecule has 0 aliphatic carbocycles. The number of hydrogen-bond donors (Lipinski definition) is 2. The Kier molecular flexibility index (Phi) is 9.17. The molecule has 0 radical (unpaired) electrons. The van der Waals surface area contributed by atoms with E-state index in [9.17, 15) is 19.7 Å². The highest BCUT2D eigenvalue weighted by molar-refractivity contribution is 7.99. The van der Waals surface area contributed by atoms with E-state index >= 15 is 0 Å². The molecule has 0 aliphatic heterocycles. The quantitative estimate of drug-likeness (QED) is 0.161. The molecule has 11 nitrogen and oxygen atoms in total. The summed E-state index contributed by atoms with van der Waals surface area (Å²) in [6, 6.07) is 11.3. The van der Waals surface area contributed by atoms with Gasteiger partial charge < -0.3 is 19.9 Å². The number of carbonyl (C=O) groups excluding carboxylic acids is 2. The number of nitro benzene ring substituents is 1. The lowest BCUT2D eigenvalue weighted by molar-refractivity contribution is -0.384. The van der Waals surface area contributed by atoms with E-state index in [0.29, 0.717) is 41.1 Å². The van der Waals surface area contributed by atoms with Crippen LogP contribution in [0, 0.1) is 17.0 Å². The summed E-state index contributed by atoms with van der Waals surface area (Å²) in [5.41, 5.74) is 1.66. The molecule has 3 rings (SSSR count). The van der Waals surface area contributed by atoms with E-state index in [0.717, 1.165) is 17.5 Å². The number of nitrogens with zero attached hydrogens (tertiary/aromatic N) is 4. The Morgan fingerprint density at radius 1 is 1.17 bits per heavy atom. The predicted molar refractivity (Wildman–Crippen MR) is 137 cm³/mol. The van der Waals surface area contributed by atoms with Gasteiger partial charge in [-0.15, -0.1) is 16.8 Å². The predicted octanol–water partition coefficient (Wildman–Crippen LogP) is 3.99. The second kappa shape index (κ2) is 12.5. The molecule has 2 N–H and O–H groups in total. The molecule has 12 heteroatoms. The smallest absolute Gasteiger partial charge is 0.269 e. The van der Waals surface area contributed by atoms with Crippen molar-refractivity contribution in [3.8, 4) is 5.75 Å². The van der Waals surface area contributed by atoms with Gasteiger partial charge in [-0.05, 0) is 49.7 Å². The Bertz CT molecular complexity index is 1260. The molecule has 0 fully saturated rings. The lowest BCUT2D eigenvalue weighted by atomic mass is 10.2. The molecule has 0 spiro atoms. The molecule has 36 heavy (non-hydrogen) atoms. The van der Waals surface area contributed by atoms with Gasteiger partial charge in [0.2, 0.25) is 11.8 Å². The number of carbonyl (C=O) groups is 2. The summed E-state index contributed by atoms with van der Waals surface area (Å²) in [4.78, 5) is 35.4. The van der Waals surface area contributed by atoms with E-state index < -0.39 is 4.92 Å². The number of thioether (sulfide) groups is 1. The minimum atomic E-state index is -0.489. The van der Waals surface area contributed by atoms with Crippen molar-refractivity contribution in [2.24, 2.45) is 0 Å². The normalized spacial score (nSPS) is 10.5. The van der Waals surface area contributed by atoms with Gasteiger partial charge in [-0.2, -0.15) is 0 Å². The maximum atomic E-state index is 12.6. The van der Waals surface area contributed by atoms with E-state index in [-0.39, 0.29) is 29.7 Å². The maximum Gasteiger partial charge on any atom is 0.269 e. The topological polar surface area (TPSA) is 141 Å². The van der Waals surface area contributed by atoms with Crippen LogP contribution in [0.25, 0.3) is 0 Å². The number of hydrogen-bond acceptors (Lipinski definition) is 8. The van der Waals surface area contributed by atoms with Crippen LogP contribution in [-0.4, -0.2) is 43.9 Å². The molecule has 0 atom stereocenters. The number of nitro groups is 1. The fourth-order valence-electron chi connectivity index (χ4n) is 3.24. The highest BCUT2D eigenvalue weighted by Gasteiger charge is 2.17. The van der Waals surface area contributed by atoms with E-state index in [1.54, 1.807) is 41.8 Å². The van der Waals surface area contributed by atoms with E-state index in [1.165, 1.54) is 18.2 Å². The number of ether oxygens (including phenoxy) is 1. The lowest BCUT2D eigenvalue weighted by Gasteiger charge is -2.10. The van der Waals surface area contributed by atoms with Crippen molar-refractivity contribution in [2.45, 2.75) is 32.0 Å². The zero-order valence-corrected chi connectivity index (χ0v) is 20.7. The molecule has 1 aromatic heterocycles. The van der Waals surface area contributed by atoms with Gasteiger partial charge in [-0.25, -0.2) is 0 Å². The highest BCUT2D eigenvalue weighted by atomic mass is 32.2. The molecule has 188 valence electrons. The van der Waals surface area contributed by atoms with Crippen LogP contribution in [0.4, 0.5) is 17.1 Å². The Hall–Kier alpha value is -4.19. The molecule has 0 unspecified atom stereocenters. The molecular formula is C24H26N6O5S. The number of nitrogens with one attached hydrogen (secondary N) is 2. The van der Waals surface area contributed by atoms with E-state index in [1.807, 2.05) is 6.92 Å². The number of allylic oxidation sites excluding steroid dienone is 1.